The van der Waals surface area contributed by atoms with Gasteiger partial charge in [0.25, 0.3) is 5.91 Å². The molecule has 0 bridgehead atoms. The number of amides is 1. The number of pyridine rings is 1. The molecule has 1 heterocycles. The van der Waals surface area contributed by atoms with E-state index in [1.165, 1.54) is 0 Å². The molecule has 0 saturated heterocycles. The van der Waals surface area contributed by atoms with Crippen LogP contribution in [-0.4, -0.2) is 10.9 Å². The van der Waals surface area contributed by atoms with Crippen LogP contribution in [0.4, 0.5) is 11.5 Å². The first-order chi connectivity index (χ1) is 8.16. The Hall–Kier alpha value is -2.36. The number of nitrogens with two attached hydrogens (primary N) is 1. The number of hydrogen-bond donors (Lipinski definition) is 2. The van der Waals surface area contributed by atoms with Crippen LogP contribution in [0.1, 0.15) is 16.1 Å². The predicted octanol–water partition coefficient (Wildman–Crippen LogP) is 2.22. The van der Waals surface area contributed by atoms with Crippen molar-refractivity contribution in [1.29, 1.82) is 0 Å². The van der Waals surface area contributed by atoms with E-state index in [0.717, 1.165) is 5.69 Å². The molecule has 17 heavy (non-hydrogen) atoms. The molecule has 0 atom stereocenters. The average molecular weight is 227 g/mol. The van der Waals surface area contributed by atoms with E-state index in [0.29, 0.717) is 17.1 Å². The van der Waals surface area contributed by atoms with Gasteiger partial charge in [0, 0.05) is 11.4 Å². The molecular weight excluding hydrogens is 214 g/mol. The van der Waals surface area contributed by atoms with Crippen molar-refractivity contribution < 1.29 is 4.79 Å². The number of aryl methyl sites for hydroxylation is 1. The molecule has 0 spiro atoms. The first kappa shape index (κ1) is 11.1. The van der Waals surface area contributed by atoms with Gasteiger partial charge in [-0.15, -0.1) is 0 Å². The maximum atomic E-state index is 11.9. The highest BCUT2D eigenvalue weighted by atomic mass is 16.1. The van der Waals surface area contributed by atoms with Gasteiger partial charge in [0.1, 0.15) is 5.82 Å². The second-order valence-corrected chi connectivity index (χ2v) is 3.71. The fraction of sp³-hybridized carbons (Fsp3) is 0.0769. The molecule has 1 aromatic heterocycles. The molecule has 0 aliphatic rings. The zero-order valence-corrected chi connectivity index (χ0v) is 9.47. The summed E-state index contributed by atoms with van der Waals surface area (Å²) in [6, 6.07) is 12.4. The first-order valence-electron chi connectivity index (χ1n) is 5.26. The van der Waals surface area contributed by atoms with Gasteiger partial charge in [0.2, 0.25) is 0 Å². The molecule has 0 aliphatic heterocycles. The number of nitrogens with one attached hydrogen (secondary N) is 1. The molecule has 4 heteroatoms. The lowest BCUT2D eigenvalue weighted by Crippen LogP contribution is -2.14. The van der Waals surface area contributed by atoms with Crippen molar-refractivity contribution in [3.63, 3.8) is 0 Å². The van der Waals surface area contributed by atoms with Crippen LogP contribution in [0.3, 0.4) is 0 Å². The van der Waals surface area contributed by atoms with Crippen molar-refractivity contribution in [2.24, 2.45) is 0 Å². The quantitative estimate of drug-likeness (QED) is 0.773. The van der Waals surface area contributed by atoms with Crippen molar-refractivity contribution >= 4 is 17.4 Å². The van der Waals surface area contributed by atoms with E-state index in [1.54, 1.807) is 30.3 Å². The zero-order valence-electron chi connectivity index (χ0n) is 9.47. The highest BCUT2D eigenvalue weighted by Gasteiger charge is 2.09. The molecule has 1 aromatic carbocycles. The third kappa shape index (κ3) is 2.60. The van der Waals surface area contributed by atoms with Gasteiger partial charge in [-0.1, -0.05) is 18.2 Å². The van der Waals surface area contributed by atoms with Crippen LogP contribution in [-0.2, 0) is 0 Å². The summed E-state index contributed by atoms with van der Waals surface area (Å²) < 4.78 is 0. The topological polar surface area (TPSA) is 68.0 Å². The van der Waals surface area contributed by atoms with Crippen LogP contribution in [0.2, 0.25) is 0 Å². The second kappa shape index (κ2) is 4.65. The molecule has 86 valence electrons. The standard InChI is InChI=1S/C13H13N3O/c1-9-5-4-8-12(15-9)16-13(17)10-6-2-3-7-11(10)14/h2-8H,14H2,1H3,(H,15,16,17). The summed E-state index contributed by atoms with van der Waals surface area (Å²) >= 11 is 0. The number of nitrogens with zero attached hydrogens (tertiary/aromatic N) is 1. The lowest BCUT2D eigenvalue weighted by Gasteiger charge is -2.06. The van der Waals surface area contributed by atoms with E-state index in [-0.39, 0.29) is 5.91 Å². The van der Waals surface area contributed by atoms with E-state index in [9.17, 15) is 4.79 Å². The average Bonchev–Trinajstić information content (AvgIpc) is 2.29. The Morgan fingerprint density at radius 2 is 1.94 bits per heavy atom. The number of carbonyl (C=O) groups excluding carboxylic acids is 1. The zero-order chi connectivity index (χ0) is 12.3. The largest absolute Gasteiger partial charge is 0.398 e. The fourth-order valence-corrected chi connectivity index (χ4v) is 1.50. The molecule has 0 unspecified atom stereocenters. The first-order valence-corrected chi connectivity index (χ1v) is 5.26. The SMILES string of the molecule is Cc1cccc(NC(=O)c2ccccc2N)n1. The molecule has 3 N–H and O–H groups in total. The number of rotatable bonds is 2. The monoisotopic (exact) mass is 227 g/mol. The number of benzene rings is 1. The summed E-state index contributed by atoms with van der Waals surface area (Å²) in [6.45, 7) is 1.87. The second-order valence-electron chi connectivity index (χ2n) is 3.71. The molecule has 4 nitrogen and oxygen atoms in total. The number of hydrogen-bond acceptors (Lipinski definition) is 3. The molecule has 2 aromatic rings. The summed E-state index contributed by atoms with van der Waals surface area (Å²) in [7, 11) is 0. The smallest absolute Gasteiger partial charge is 0.258 e. The summed E-state index contributed by atoms with van der Waals surface area (Å²) in [6.07, 6.45) is 0. The van der Waals surface area contributed by atoms with E-state index < -0.39 is 0 Å². The van der Waals surface area contributed by atoms with Crippen molar-refractivity contribution in [3.05, 3.63) is 53.7 Å². The van der Waals surface area contributed by atoms with Crippen molar-refractivity contribution in [3.8, 4) is 0 Å². The summed E-state index contributed by atoms with van der Waals surface area (Å²) in [4.78, 5) is 16.1. The Morgan fingerprint density at radius 1 is 1.18 bits per heavy atom. The number of aromatic nitrogens is 1. The summed E-state index contributed by atoms with van der Waals surface area (Å²) in [5.74, 6) is 0.277. The highest BCUT2D eigenvalue weighted by Crippen LogP contribution is 2.13. The van der Waals surface area contributed by atoms with Crippen LogP contribution in [0.25, 0.3) is 0 Å². The molecule has 0 fully saturated rings. The maximum absolute atomic E-state index is 11.9. The number of nitrogen functional groups attached to an aromatic ring is 1. The van der Waals surface area contributed by atoms with Crippen LogP contribution < -0.4 is 11.1 Å². The Balaban J connectivity index is 2.20. The van der Waals surface area contributed by atoms with Gasteiger partial charge in [0.15, 0.2) is 0 Å². The minimum atomic E-state index is -0.249. The van der Waals surface area contributed by atoms with Crippen LogP contribution >= 0.6 is 0 Å². The molecule has 0 radical (unpaired) electrons. The molecule has 1 amide bonds. The number of anilines is 2. The fourth-order valence-electron chi connectivity index (χ4n) is 1.50. The maximum Gasteiger partial charge on any atom is 0.258 e. The Bertz CT molecular complexity index is 552. The minimum Gasteiger partial charge on any atom is -0.398 e. The lowest BCUT2D eigenvalue weighted by molar-refractivity contribution is 0.102. The Labute approximate surface area is 99.5 Å². The summed E-state index contributed by atoms with van der Waals surface area (Å²) in [5.41, 5.74) is 7.49. The predicted molar refractivity (Wildman–Crippen MR) is 67.8 cm³/mol. The van der Waals surface area contributed by atoms with Gasteiger partial charge in [-0.2, -0.15) is 0 Å². The van der Waals surface area contributed by atoms with Gasteiger partial charge >= 0.3 is 0 Å². The van der Waals surface area contributed by atoms with Gasteiger partial charge in [-0.3, -0.25) is 4.79 Å². The van der Waals surface area contributed by atoms with Crippen molar-refractivity contribution in [1.82, 2.24) is 4.98 Å². The van der Waals surface area contributed by atoms with Crippen LogP contribution in [0, 0.1) is 6.92 Å². The molecular formula is C13H13N3O. The van der Waals surface area contributed by atoms with Crippen molar-refractivity contribution in [2.45, 2.75) is 6.92 Å². The van der Waals surface area contributed by atoms with Crippen LogP contribution in [0.15, 0.2) is 42.5 Å². The van der Waals surface area contributed by atoms with E-state index >= 15 is 0 Å². The third-order valence-corrected chi connectivity index (χ3v) is 2.34. The number of para-hydroxylation sites is 1. The molecule has 2 rings (SSSR count). The van der Waals surface area contributed by atoms with E-state index in [4.69, 9.17) is 5.73 Å². The van der Waals surface area contributed by atoms with Gasteiger partial charge in [-0.25, -0.2) is 4.98 Å². The third-order valence-electron chi connectivity index (χ3n) is 2.34. The normalized spacial score (nSPS) is 9.94. The Kier molecular flexibility index (Phi) is 3.05. The van der Waals surface area contributed by atoms with E-state index in [1.807, 2.05) is 19.1 Å². The highest BCUT2D eigenvalue weighted by molar-refractivity contribution is 6.07. The van der Waals surface area contributed by atoms with E-state index in [2.05, 4.69) is 10.3 Å². The Morgan fingerprint density at radius 3 is 2.65 bits per heavy atom. The van der Waals surface area contributed by atoms with Gasteiger partial charge in [0.05, 0.1) is 5.56 Å². The van der Waals surface area contributed by atoms with Crippen LogP contribution in [0.5, 0.6) is 0 Å². The summed E-state index contributed by atoms with van der Waals surface area (Å²) in [5, 5.41) is 2.71. The lowest BCUT2D eigenvalue weighted by atomic mass is 10.1. The van der Waals surface area contributed by atoms with Gasteiger partial charge < -0.3 is 11.1 Å². The minimum absolute atomic E-state index is 0.249. The molecule has 0 saturated carbocycles. The molecule has 0 aliphatic carbocycles. The van der Waals surface area contributed by atoms with Crippen molar-refractivity contribution in [2.75, 3.05) is 11.1 Å². The van der Waals surface area contributed by atoms with Gasteiger partial charge in [-0.05, 0) is 31.2 Å². The number of carbonyl (C=O) groups is 1.